The fourth-order valence-electron chi connectivity index (χ4n) is 1.97. The lowest BCUT2D eigenvalue weighted by Gasteiger charge is -2.12. The maximum atomic E-state index is 6.23. The molecule has 0 fully saturated rings. The number of nitrogens with zero attached hydrogens (tertiary/aromatic N) is 1. The molecule has 0 atom stereocenters. The van der Waals surface area contributed by atoms with Crippen molar-refractivity contribution < 1.29 is 4.74 Å². The van der Waals surface area contributed by atoms with Crippen LogP contribution in [0.2, 0.25) is 5.02 Å². The number of halogens is 2. The van der Waals surface area contributed by atoms with Crippen LogP contribution in [0.3, 0.4) is 0 Å². The Labute approximate surface area is 123 Å². The molecule has 18 heavy (non-hydrogen) atoms. The number of methoxy groups -OCH3 is 1. The molecule has 0 spiro atoms. The zero-order valence-electron chi connectivity index (χ0n) is 10.7. The van der Waals surface area contributed by atoms with Gasteiger partial charge in [-0.15, -0.1) is 17.0 Å². The molecule has 2 aromatic rings. The van der Waals surface area contributed by atoms with Crippen molar-refractivity contribution in [2.24, 2.45) is 0 Å². The number of rotatable bonds is 3. The van der Waals surface area contributed by atoms with Crippen molar-refractivity contribution in [3.05, 3.63) is 40.9 Å². The van der Waals surface area contributed by atoms with E-state index in [0.29, 0.717) is 0 Å². The zero-order valence-corrected chi connectivity index (χ0v) is 13.2. The predicted molar refractivity (Wildman–Crippen MR) is 83.2 cm³/mol. The summed E-state index contributed by atoms with van der Waals surface area (Å²) in [6, 6.07) is 10.1. The summed E-state index contributed by atoms with van der Waals surface area (Å²) in [6.07, 6.45) is 0. The first-order chi connectivity index (χ1) is 8.11. The van der Waals surface area contributed by atoms with Crippen molar-refractivity contribution >= 4 is 39.4 Å². The lowest BCUT2D eigenvalue weighted by atomic mass is 10.1. The van der Waals surface area contributed by atoms with E-state index in [1.807, 2.05) is 12.1 Å². The van der Waals surface area contributed by atoms with Crippen molar-refractivity contribution in [1.82, 2.24) is 4.90 Å². The van der Waals surface area contributed by atoms with Gasteiger partial charge in [0, 0.05) is 22.3 Å². The first kappa shape index (κ1) is 15.3. The highest BCUT2D eigenvalue weighted by atomic mass is 79.9. The van der Waals surface area contributed by atoms with Crippen LogP contribution in [0.25, 0.3) is 10.8 Å². The molecule has 98 valence electrons. The summed E-state index contributed by atoms with van der Waals surface area (Å²) in [5.41, 5.74) is 1.25. The van der Waals surface area contributed by atoms with E-state index < -0.39 is 0 Å². The number of ether oxygens (including phenoxy) is 1. The standard InChI is InChI=1S/C14H16ClNO.BrH/c1-16(2)9-10-4-5-11-12(8-10)13(15)6-7-14(11)17-3;/h4-8H,9H2,1-3H3;1H. The first-order valence-corrected chi connectivity index (χ1v) is 5.89. The molecule has 0 aromatic heterocycles. The highest BCUT2D eigenvalue weighted by Crippen LogP contribution is 2.32. The number of fused-ring (bicyclic) bond motifs is 1. The van der Waals surface area contributed by atoms with Crippen LogP contribution in [0.15, 0.2) is 30.3 Å². The summed E-state index contributed by atoms with van der Waals surface area (Å²) >= 11 is 6.23. The summed E-state index contributed by atoms with van der Waals surface area (Å²) < 4.78 is 5.33. The van der Waals surface area contributed by atoms with Gasteiger partial charge in [-0.2, -0.15) is 0 Å². The fraction of sp³-hybridized carbons (Fsp3) is 0.286. The van der Waals surface area contributed by atoms with Gasteiger partial charge in [-0.05, 0) is 37.9 Å². The molecule has 2 aromatic carbocycles. The Morgan fingerprint density at radius 3 is 2.44 bits per heavy atom. The third-order valence-corrected chi connectivity index (χ3v) is 3.04. The minimum atomic E-state index is 0. The third-order valence-electron chi connectivity index (χ3n) is 2.71. The van der Waals surface area contributed by atoms with Crippen molar-refractivity contribution in [3.63, 3.8) is 0 Å². The third kappa shape index (κ3) is 3.16. The lowest BCUT2D eigenvalue weighted by Crippen LogP contribution is -2.10. The Morgan fingerprint density at radius 2 is 1.83 bits per heavy atom. The number of benzene rings is 2. The van der Waals surface area contributed by atoms with E-state index >= 15 is 0 Å². The van der Waals surface area contributed by atoms with Gasteiger partial charge in [0.2, 0.25) is 0 Å². The summed E-state index contributed by atoms with van der Waals surface area (Å²) in [6.45, 7) is 0.906. The molecule has 0 aliphatic carbocycles. The Balaban J connectivity index is 0.00000162. The molecule has 0 unspecified atom stereocenters. The van der Waals surface area contributed by atoms with Crippen LogP contribution < -0.4 is 4.74 Å². The van der Waals surface area contributed by atoms with Crippen LogP contribution in [0, 0.1) is 0 Å². The molecular formula is C14H17BrClNO. The summed E-state index contributed by atoms with van der Waals surface area (Å²) in [4.78, 5) is 2.13. The van der Waals surface area contributed by atoms with Crippen LogP contribution in [0.5, 0.6) is 5.75 Å². The second kappa shape index (κ2) is 6.41. The molecule has 0 N–H and O–H groups in total. The molecule has 0 bridgehead atoms. The van der Waals surface area contributed by atoms with Crippen LogP contribution in [-0.2, 0) is 6.54 Å². The smallest absolute Gasteiger partial charge is 0.126 e. The molecule has 0 radical (unpaired) electrons. The Kier molecular flexibility index (Phi) is 5.45. The van der Waals surface area contributed by atoms with Crippen molar-refractivity contribution in [3.8, 4) is 5.75 Å². The largest absolute Gasteiger partial charge is 0.496 e. The predicted octanol–water partition coefficient (Wildman–Crippen LogP) is 4.14. The summed E-state index contributed by atoms with van der Waals surface area (Å²) in [5, 5.41) is 2.87. The molecule has 0 saturated heterocycles. The SMILES string of the molecule is Br.COc1ccc(Cl)c2cc(CN(C)C)ccc12. The maximum Gasteiger partial charge on any atom is 0.126 e. The molecule has 4 heteroatoms. The highest BCUT2D eigenvalue weighted by Gasteiger charge is 2.06. The molecule has 0 saturated carbocycles. The topological polar surface area (TPSA) is 12.5 Å². The van der Waals surface area contributed by atoms with Crippen LogP contribution >= 0.6 is 28.6 Å². The van der Waals surface area contributed by atoms with Gasteiger partial charge < -0.3 is 9.64 Å². The highest BCUT2D eigenvalue weighted by molar-refractivity contribution is 8.93. The van der Waals surface area contributed by atoms with Gasteiger partial charge in [0.1, 0.15) is 5.75 Å². The second-order valence-corrected chi connectivity index (χ2v) is 4.77. The second-order valence-electron chi connectivity index (χ2n) is 4.37. The van der Waals surface area contributed by atoms with Gasteiger partial charge in [-0.3, -0.25) is 0 Å². The molecule has 0 heterocycles. The minimum absolute atomic E-state index is 0. The Hall–Kier alpha value is -0.770. The molecule has 0 aliphatic rings. The fourth-order valence-corrected chi connectivity index (χ4v) is 2.19. The average molecular weight is 331 g/mol. The van der Waals surface area contributed by atoms with Gasteiger partial charge in [0.05, 0.1) is 7.11 Å². The van der Waals surface area contributed by atoms with E-state index in [2.05, 4.69) is 37.2 Å². The Bertz CT molecular complexity index is 543. The quantitative estimate of drug-likeness (QED) is 0.838. The molecule has 0 aliphatic heterocycles. The van der Waals surface area contributed by atoms with Crippen molar-refractivity contribution in [1.29, 1.82) is 0 Å². The number of hydrogen-bond acceptors (Lipinski definition) is 2. The normalized spacial score (nSPS) is 10.5. The van der Waals surface area contributed by atoms with Crippen molar-refractivity contribution in [2.45, 2.75) is 6.54 Å². The van der Waals surface area contributed by atoms with Gasteiger partial charge in [-0.25, -0.2) is 0 Å². The summed E-state index contributed by atoms with van der Waals surface area (Å²) in [5.74, 6) is 0.862. The lowest BCUT2D eigenvalue weighted by molar-refractivity contribution is 0.402. The van der Waals surface area contributed by atoms with Gasteiger partial charge >= 0.3 is 0 Å². The van der Waals surface area contributed by atoms with E-state index in [0.717, 1.165) is 28.1 Å². The molecule has 2 rings (SSSR count). The van der Waals surface area contributed by atoms with Crippen LogP contribution in [0.4, 0.5) is 0 Å². The van der Waals surface area contributed by atoms with Crippen LogP contribution in [-0.4, -0.2) is 26.1 Å². The van der Waals surface area contributed by atoms with E-state index in [4.69, 9.17) is 16.3 Å². The minimum Gasteiger partial charge on any atom is -0.496 e. The van der Waals surface area contributed by atoms with E-state index in [-0.39, 0.29) is 17.0 Å². The molecular weight excluding hydrogens is 314 g/mol. The summed E-state index contributed by atoms with van der Waals surface area (Å²) in [7, 11) is 5.78. The molecule has 2 nitrogen and oxygen atoms in total. The van der Waals surface area contributed by atoms with Gasteiger partial charge in [0.25, 0.3) is 0 Å². The first-order valence-electron chi connectivity index (χ1n) is 5.51. The van der Waals surface area contributed by atoms with Crippen molar-refractivity contribution in [2.75, 3.05) is 21.2 Å². The van der Waals surface area contributed by atoms with E-state index in [9.17, 15) is 0 Å². The van der Waals surface area contributed by atoms with Gasteiger partial charge in [-0.1, -0.05) is 23.7 Å². The van der Waals surface area contributed by atoms with Gasteiger partial charge in [0.15, 0.2) is 0 Å². The van der Waals surface area contributed by atoms with Crippen LogP contribution in [0.1, 0.15) is 5.56 Å². The van der Waals surface area contributed by atoms with E-state index in [1.165, 1.54) is 5.56 Å². The van der Waals surface area contributed by atoms with E-state index in [1.54, 1.807) is 7.11 Å². The average Bonchev–Trinajstić information content (AvgIpc) is 2.29. The Morgan fingerprint density at radius 1 is 1.11 bits per heavy atom. The number of hydrogen-bond donors (Lipinski definition) is 0. The maximum absolute atomic E-state index is 6.23. The zero-order chi connectivity index (χ0) is 12.4. The molecule has 0 amide bonds. The monoisotopic (exact) mass is 329 g/mol.